The predicted molar refractivity (Wildman–Crippen MR) is 89.1 cm³/mol. The van der Waals surface area contributed by atoms with Crippen molar-refractivity contribution in [2.75, 3.05) is 16.8 Å². The molecule has 0 aliphatic heterocycles. The summed E-state index contributed by atoms with van der Waals surface area (Å²) in [5.41, 5.74) is 8.14. The largest absolute Gasteiger partial charge is 0.399 e. The van der Waals surface area contributed by atoms with Crippen LogP contribution in [0.3, 0.4) is 0 Å². The molecule has 3 nitrogen and oxygen atoms in total. The molecule has 1 amide bonds. The molecule has 5 heteroatoms. The summed E-state index contributed by atoms with van der Waals surface area (Å²) in [6.07, 6.45) is 0. The van der Waals surface area contributed by atoms with Gasteiger partial charge in [-0.05, 0) is 48.9 Å². The van der Waals surface area contributed by atoms with Crippen LogP contribution in [0.4, 0.5) is 11.4 Å². The zero-order valence-corrected chi connectivity index (χ0v) is 13.4. The van der Waals surface area contributed by atoms with E-state index in [4.69, 9.17) is 5.73 Å². The molecule has 0 aliphatic rings. The molecule has 2 aromatic rings. The average Bonchev–Trinajstić information content (AvgIpc) is 2.42. The van der Waals surface area contributed by atoms with Crippen LogP contribution in [0.5, 0.6) is 0 Å². The van der Waals surface area contributed by atoms with E-state index in [9.17, 15) is 4.79 Å². The van der Waals surface area contributed by atoms with E-state index in [-0.39, 0.29) is 5.91 Å². The average molecular weight is 351 g/mol. The highest BCUT2D eigenvalue weighted by Gasteiger charge is 2.06. The Hall–Kier alpha value is -1.46. The summed E-state index contributed by atoms with van der Waals surface area (Å²) in [6.45, 7) is 1.94. The van der Waals surface area contributed by atoms with Crippen LogP contribution in [0, 0.1) is 6.92 Å². The van der Waals surface area contributed by atoms with E-state index < -0.39 is 0 Å². The maximum atomic E-state index is 11.9. The van der Waals surface area contributed by atoms with E-state index in [0.29, 0.717) is 11.4 Å². The Balaban J connectivity index is 1.92. The molecule has 0 fully saturated rings. The first-order valence-electron chi connectivity index (χ1n) is 6.09. The second-order valence-electron chi connectivity index (χ2n) is 4.37. The van der Waals surface area contributed by atoms with Gasteiger partial charge in [0.25, 0.3) is 0 Å². The number of aryl methyl sites for hydroxylation is 1. The Morgan fingerprint density at radius 1 is 1.25 bits per heavy atom. The van der Waals surface area contributed by atoms with Crippen molar-refractivity contribution in [3.05, 3.63) is 52.5 Å². The van der Waals surface area contributed by atoms with Crippen molar-refractivity contribution >= 4 is 45.0 Å². The molecular formula is C15H15BrN2OS. The van der Waals surface area contributed by atoms with E-state index in [1.807, 2.05) is 43.3 Å². The summed E-state index contributed by atoms with van der Waals surface area (Å²) >= 11 is 4.89. The number of carbonyl (C=O) groups is 1. The van der Waals surface area contributed by atoms with Crippen LogP contribution < -0.4 is 11.1 Å². The lowest BCUT2D eigenvalue weighted by molar-refractivity contribution is -0.113. The van der Waals surface area contributed by atoms with Gasteiger partial charge in [0.15, 0.2) is 0 Å². The molecule has 0 saturated carbocycles. The van der Waals surface area contributed by atoms with Gasteiger partial charge in [0.2, 0.25) is 5.91 Å². The molecule has 0 atom stereocenters. The fourth-order valence-electron chi connectivity index (χ4n) is 1.64. The number of carbonyl (C=O) groups excluding carboxylic acids is 1. The minimum absolute atomic E-state index is 0.0355. The Kier molecular flexibility index (Phi) is 5.09. The van der Waals surface area contributed by atoms with Crippen molar-refractivity contribution in [1.82, 2.24) is 0 Å². The molecule has 104 valence electrons. The lowest BCUT2D eigenvalue weighted by Gasteiger charge is -2.09. The number of nitrogens with one attached hydrogen (secondary N) is 1. The Morgan fingerprint density at radius 2 is 1.95 bits per heavy atom. The van der Waals surface area contributed by atoms with Crippen molar-refractivity contribution < 1.29 is 4.79 Å². The van der Waals surface area contributed by atoms with Gasteiger partial charge in [-0.1, -0.05) is 22.0 Å². The van der Waals surface area contributed by atoms with Gasteiger partial charge in [0.1, 0.15) is 0 Å². The molecule has 20 heavy (non-hydrogen) atoms. The fourth-order valence-corrected chi connectivity index (χ4v) is 2.60. The highest BCUT2D eigenvalue weighted by atomic mass is 79.9. The van der Waals surface area contributed by atoms with Gasteiger partial charge in [0.05, 0.1) is 5.75 Å². The normalized spacial score (nSPS) is 10.3. The predicted octanol–water partition coefficient (Wildman–Crippen LogP) is 4.07. The van der Waals surface area contributed by atoms with Crippen molar-refractivity contribution in [1.29, 1.82) is 0 Å². The van der Waals surface area contributed by atoms with Gasteiger partial charge in [-0.25, -0.2) is 0 Å². The lowest BCUT2D eigenvalue weighted by Crippen LogP contribution is -2.15. The van der Waals surface area contributed by atoms with Crippen LogP contribution >= 0.6 is 27.7 Å². The van der Waals surface area contributed by atoms with Crippen LogP contribution in [-0.4, -0.2) is 11.7 Å². The minimum Gasteiger partial charge on any atom is -0.399 e. The van der Waals surface area contributed by atoms with Crippen LogP contribution in [0.25, 0.3) is 0 Å². The number of rotatable bonds is 4. The highest BCUT2D eigenvalue weighted by Crippen LogP contribution is 2.22. The molecule has 0 aromatic heterocycles. The molecule has 2 rings (SSSR count). The summed E-state index contributed by atoms with van der Waals surface area (Å²) in [5.74, 6) is 0.335. The number of hydrogen-bond donors (Lipinski definition) is 2. The van der Waals surface area contributed by atoms with E-state index in [2.05, 4.69) is 21.2 Å². The van der Waals surface area contributed by atoms with Gasteiger partial charge in [-0.2, -0.15) is 0 Å². The van der Waals surface area contributed by atoms with Crippen molar-refractivity contribution in [2.24, 2.45) is 0 Å². The van der Waals surface area contributed by atoms with E-state index in [1.165, 1.54) is 11.8 Å². The third kappa shape index (κ3) is 4.28. The van der Waals surface area contributed by atoms with E-state index >= 15 is 0 Å². The molecule has 0 radical (unpaired) electrons. The number of thioether (sulfide) groups is 1. The second kappa shape index (κ2) is 6.81. The number of benzene rings is 2. The molecule has 0 aliphatic carbocycles. The van der Waals surface area contributed by atoms with E-state index in [1.54, 1.807) is 6.07 Å². The number of anilines is 2. The summed E-state index contributed by atoms with van der Waals surface area (Å²) in [5, 5.41) is 2.88. The van der Waals surface area contributed by atoms with Gasteiger partial charge in [-0.15, -0.1) is 11.8 Å². The third-order valence-corrected chi connectivity index (χ3v) is 4.26. The van der Waals surface area contributed by atoms with Gasteiger partial charge in [-0.3, -0.25) is 4.79 Å². The third-order valence-electron chi connectivity index (χ3n) is 2.72. The number of hydrogen-bond acceptors (Lipinski definition) is 3. The van der Waals surface area contributed by atoms with Crippen LogP contribution in [0.2, 0.25) is 0 Å². The molecule has 0 bridgehead atoms. The van der Waals surface area contributed by atoms with Crippen molar-refractivity contribution in [3.63, 3.8) is 0 Å². The summed E-state index contributed by atoms with van der Waals surface area (Å²) in [7, 11) is 0. The molecule has 0 unspecified atom stereocenters. The Labute approximate surface area is 131 Å². The topological polar surface area (TPSA) is 55.1 Å². The quantitative estimate of drug-likeness (QED) is 0.645. The molecule has 2 aromatic carbocycles. The van der Waals surface area contributed by atoms with Gasteiger partial charge >= 0.3 is 0 Å². The number of nitrogen functional groups attached to an aromatic ring is 1. The van der Waals surface area contributed by atoms with Crippen molar-refractivity contribution in [2.45, 2.75) is 11.8 Å². The first-order valence-corrected chi connectivity index (χ1v) is 7.87. The maximum Gasteiger partial charge on any atom is 0.234 e. The zero-order valence-electron chi connectivity index (χ0n) is 11.0. The first-order chi connectivity index (χ1) is 9.54. The Bertz CT molecular complexity index is 614. The van der Waals surface area contributed by atoms with Gasteiger partial charge in [0, 0.05) is 20.7 Å². The zero-order chi connectivity index (χ0) is 14.5. The number of halogens is 1. The highest BCUT2D eigenvalue weighted by molar-refractivity contribution is 9.10. The number of amides is 1. The monoisotopic (exact) mass is 350 g/mol. The smallest absolute Gasteiger partial charge is 0.234 e. The number of nitrogens with two attached hydrogens (primary N) is 1. The maximum absolute atomic E-state index is 11.9. The molecular weight excluding hydrogens is 336 g/mol. The molecule has 0 saturated heterocycles. The summed E-state index contributed by atoms with van der Waals surface area (Å²) in [4.78, 5) is 13.0. The summed E-state index contributed by atoms with van der Waals surface area (Å²) in [6, 6.07) is 13.4. The van der Waals surface area contributed by atoms with Gasteiger partial charge < -0.3 is 11.1 Å². The molecule has 0 heterocycles. The van der Waals surface area contributed by atoms with Crippen LogP contribution in [0.1, 0.15) is 5.56 Å². The summed E-state index contributed by atoms with van der Waals surface area (Å²) < 4.78 is 1.03. The fraction of sp³-hybridized carbons (Fsp3) is 0.133. The first kappa shape index (κ1) is 14.9. The minimum atomic E-state index is -0.0355. The second-order valence-corrected chi connectivity index (χ2v) is 6.33. The molecule has 3 N–H and O–H groups in total. The van der Waals surface area contributed by atoms with Crippen molar-refractivity contribution in [3.8, 4) is 0 Å². The van der Waals surface area contributed by atoms with Crippen LogP contribution in [0.15, 0.2) is 51.8 Å². The van der Waals surface area contributed by atoms with E-state index in [0.717, 1.165) is 20.6 Å². The van der Waals surface area contributed by atoms with Crippen LogP contribution in [-0.2, 0) is 4.79 Å². The molecule has 0 spiro atoms. The standard InChI is InChI=1S/C15H15BrN2OS/c1-10-2-5-12(17)8-14(10)18-15(19)9-20-13-6-3-11(16)4-7-13/h2-8H,9,17H2,1H3,(H,18,19). The lowest BCUT2D eigenvalue weighted by atomic mass is 10.2. The Morgan fingerprint density at radius 3 is 2.65 bits per heavy atom. The SMILES string of the molecule is Cc1ccc(N)cc1NC(=O)CSc1ccc(Br)cc1.